The Balaban J connectivity index is 1.43. The summed E-state index contributed by atoms with van der Waals surface area (Å²) >= 11 is 0. The Hall–Kier alpha value is -3.55. The highest BCUT2D eigenvalue weighted by Crippen LogP contribution is 2.33. The van der Waals surface area contributed by atoms with Gasteiger partial charge < -0.3 is 9.42 Å². The first-order valence-electron chi connectivity index (χ1n) is 8.80. The molecule has 134 valence electrons. The van der Waals surface area contributed by atoms with Crippen LogP contribution < -0.4 is 0 Å². The highest BCUT2D eigenvalue weighted by atomic mass is 16.5. The molecule has 0 saturated carbocycles. The van der Waals surface area contributed by atoms with Crippen LogP contribution in [0.25, 0.3) is 22.4 Å². The lowest BCUT2D eigenvalue weighted by Crippen LogP contribution is -2.30. The molecule has 0 radical (unpaired) electrons. The van der Waals surface area contributed by atoms with Gasteiger partial charge in [0.25, 0.3) is 5.91 Å². The highest BCUT2D eigenvalue weighted by Gasteiger charge is 2.34. The number of amides is 1. The van der Waals surface area contributed by atoms with E-state index in [-0.39, 0.29) is 11.9 Å². The number of carbonyl (C=O) groups is 1. The number of nitrogens with one attached hydrogen (secondary N) is 1. The molecular formula is C19H16N6O2. The topological polar surface area (TPSA) is 101 Å². The van der Waals surface area contributed by atoms with Crippen molar-refractivity contribution in [2.24, 2.45) is 0 Å². The van der Waals surface area contributed by atoms with Gasteiger partial charge >= 0.3 is 0 Å². The zero-order valence-electron chi connectivity index (χ0n) is 14.4. The lowest BCUT2D eigenvalue weighted by molar-refractivity contribution is 0.0710. The van der Waals surface area contributed by atoms with Crippen molar-refractivity contribution in [3.8, 4) is 11.4 Å². The number of rotatable bonds is 3. The maximum Gasteiger partial charge on any atom is 0.254 e. The Morgan fingerprint density at radius 3 is 2.85 bits per heavy atom. The number of fused-ring (bicyclic) bond motifs is 1. The minimum absolute atomic E-state index is 0.0677. The minimum atomic E-state index is -0.213. The zero-order chi connectivity index (χ0) is 18.2. The molecule has 1 N–H and O–H groups in total. The van der Waals surface area contributed by atoms with Crippen LogP contribution in [0.1, 0.15) is 35.1 Å². The Bertz CT molecular complexity index is 1100. The molecule has 1 amide bonds. The van der Waals surface area contributed by atoms with E-state index < -0.39 is 0 Å². The zero-order valence-corrected chi connectivity index (χ0v) is 14.4. The van der Waals surface area contributed by atoms with Crippen LogP contribution in [0.3, 0.4) is 0 Å². The Labute approximate surface area is 154 Å². The van der Waals surface area contributed by atoms with Gasteiger partial charge in [0.15, 0.2) is 0 Å². The summed E-state index contributed by atoms with van der Waals surface area (Å²) in [5.41, 5.74) is 2.86. The van der Waals surface area contributed by atoms with Crippen LogP contribution in [0.5, 0.6) is 0 Å². The van der Waals surface area contributed by atoms with E-state index in [1.165, 1.54) is 0 Å². The van der Waals surface area contributed by atoms with Gasteiger partial charge in [-0.3, -0.25) is 4.79 Å². The first-order valence-corrected chi connectivity index (χ1v) is 8.80. The van der Waals surface area contributed by atoms with Crippen LogP contribution >= 0.6 is 0 Å². The largest absolute Gasteiger partial charge is 0.337 e. The van der Waals surface area contributed by atoms with Crippen LogP contribution in [0, 0.1) is 0 Å². The fraction of sp³-hybridized carbons (Fsp3) is 0.211. The van der Waals surface area contributed by atoms with E-state index in [0.717, 1.165) is 23.9 Å². The number of aromatic nitrogens is 5. The molecular weight excluding hydrogens is 344 g/mol. The van der Waals surface area contributed by atoms with Gasteiger partial charge in [0.2, 0.25) is 11.7 Å². The molecule has 1 atom stereocenters. The van der Waals surface area contributed by atoms with Crippen molar-refractivity contribution in [3.05, 3.63) is 60.0 Å². The van der Waals surface area contributed by atoms with Gasteiger partial charge in [-0.05, 0) is 31.0 Å². The molecule has 2 aromatic heterocycles. The van der Waals surface area contributed by atoms with Crippen LogP contribution in [-0.4, -0.2) is 42.9 Å². The Kier molecular flexibility index (Phi) is 3.67. The highest BCUT2D eigenvalue weighted by molar-refractivity contribution is 5.97. The summed E-state index contributed by atoms with van der Waals surface area (Å²) in [7, 11) is 0. The minimum Gasteiger partial charge on any atom is -0.337 e. The molecule has 0 bridgehead atoms. The van der Waals surface area contributed by atoms with Gasteiger partial charge in [0.05, 0.1) is 0 Å². The number of nitrogens with zero attached hydrogens (tertiary/aromatic N) is 5. The quantitative estimate of drug-likeness (QED) is 0.603. The molecule has 5 rings (SSSR count). The van der Waals surface area contributed by atoms with E-state index in [1.54, 1.807) is 23.1 Å². The molecule has 1 saturated heterocycles. The number of H-pyrrole nitrogens is 1. The Morgan fingerprint density at radius 2 is 1.96 bits per heavy atom. The molecule has 0 spiro atoms. The number of aromatic amines is 1. The molecule has 8 heteroatoms. The van der Waals surface area contributed by atoms with Gasteiger partial charge in [0, 0.05) is 17.7 Å². The van der Waals surface area contributed by atoms with Gasteiger partial charge in [-0.2, -0.15) is 20.4 Å². The van der Waals surface area contributed by atoms with Gasteiger partial charge in [-0.15, -0.1) is 0 Å². The van der Waals surface area contributed by atoms with Crippen molar-refractivity contribution in [3.63, 3.8) is 0 Å². The van der Waals surface area contributed by atoms with Crippen LogP contribution in [0.2, 0.25) is 0 Å². The lowest BCUT2D eigenvalue weighted by Gasteiger charge is -2.21. The maximum absolute atomic E-state index is 13.1. The monoisotopic (exact) mass is 360 g/mol. The van der Waals surface area contributed by atoms with Crippen molar-refractivity contribution in [1.82, 2.24) is 30.5 Å². The van der Waals surface area contributed by atoms with Crippen molar-refractivity contribution >= 4 is 16.9 Å². The average Bonchev–Trinajstić information content (AvgIpc) is 3.47. The summed E-state index contributed by atoms with van der Waals surface area (Å²) in [6.07, 6.45) is 1.69. The second-order valence-corrected chi connectivity index (χ2v) is 6.51. The van der Waals surface area contributed by atoms with Crippen molar-refractivity contribution in [2.75, 3.05) is 6.54 Å². The molecule has 27 heavy (non-hydrogen) atoms. The van der Waals surface area contributed by atoms with E-state index >= 15 is 0 Å². The van der Waals surface area contributed by atoms with Gasteiger partial charge in [-0.1, -0.05) is 35.5 Å². The molecule has 0 aliphatic carbocycles. The molecule has 1 fully saturated rings. The molecule has 0 unspecified atom stereocenters. The SMILES string of the molecule is O=C(c1ccc2n[nH]nc2c1)N1CCC[C@H]1c1nc(-c2ccccc2)no1. The lowest BCUT2D eigenvalue weighted by atomic mass is 10.1. The summed E-state index contributed by atoms with van der Waals surface area (Å²) in [5.74, 6) is 0.943. The number of benzene rings is 2. The normalized spacial score (nSPS) is 16.9. The summed E-state index contributed by atoms with van der Waals surface area (Å²) in [4.78, 5) is 19.4. The fourth-order valence-electron chi connectivity index (χ4n) is 3.48. The third-order valence-corrected chi connectivity index (χ3v) is 4.84. The number of likely N-dealkylation sites (tertiary alicyclic amines) is 1. The standard InChI is InChI=1S/C19H16N6O2/c26-19(13-8-9-14-15(11-13)22-24-21-14)25-10-4-7-16(25)18-20-17(23-27-18)12-5-2-1-3-6-12/h1-3,5-6,8-9,11,16H,4,7,10H2,(H,21,22,24)/t16-/m0/s1. The summed E-state index contributed by atoms with van der Waals surface area (Å²) < 4.78 is 5.49. The molecule has 8 nitrogen and oxygen atoms in total. The second-order valence-electron chi connectivity index (χ2n) is 6.51. The van der Waals surface area contributed by atoms with Gasteiger partial charge in [0.1, 0.15) is 17.1 Å². The van der Waals surface area contributed by atoms with E-state index in [9.17, 15) is 4.79 Å². The summed E-state index contributed by atoms with van der Waals surface area (Å²) in [6.45, 7) is 0.656. The van der Waals surface area contributed by atoms with Crippen LogP contribution in [0.15, 0.2) is 53.1 Å². The van der Waals surface area contributed by atoms with Crippen LogP contribution in [-0.2, 0) is 0 Å². The first kappa shape index (κ1) is 15.7. The molecule has 1 aliphatic heterocycles. The third kappa shape index (κ3) is 2.75. The smallest absolute Gasteiger partial charge is 0.254 e. The van der Waals surface area contributed by atoms with E-state index in [1.807, 2.05) is 30.3 Å². The average molecular weight is 360 g/mol. The van der Waals surface area contributed by atoms with Gasteiger partial charge in [-0.25, -0.2) is 0 Å². The molecule has 3 heterocycles. The first-order chi connectivity index (χ1) is 13.3. The second kappa shape index (κ2) is 6.31. The summed E-state index contributed by atoms with van der Waals surface area (Å²) in [5, 5.41) is 14.7. The molecule has 4 aromatic rings. The van der Waals surface area contributed by atoms with Crippen molar-refractivity contribution < 1.29 is 9.32 Å². The number of hydrogen-bond acceptors (Lipinski definition) is 6. The number of carbonyl (C=O) groups excluding carboxylic acids is 1. The predicted octanol–water partition coefficient (Wildman–Crippen LogP) is 2.99. The van der Waals surface area contributed by atoms with E-state index in [4.69, 9.17) is 4.52 Å². The van der Waals surface area contributed by atoms with Crippen molar-refractivity contribution in [1.29, 1.82) is 0 Å². The summed E-state index contributed by atoms with van der Waals surface area (Å²) in [6, 6.07) is 14.7. The fourth-order valence-corrected chi connectivity index (χ4v) is 3.48. The van der Waals surface area contributed by atoms with Crippen LogP contribution in [0.4, 0.5) is 0 Å². The third-order valence-electron chi connectivity index (χ3n) is 4.84. The predicted molar refractivity (Wildman–Crippen MR) is 96.6 cm³/mol. The molecule has 2 aromatic carbocycles. The molecule has 1 aliphatic rings. The van der Waals surface area contributed by atoms with E-state index in [2.05, 4.69) is 25.6 Å². The van der Waals surface area contributed by atoms with E-state index in [0.29, 0.717) is 29.3 Å². The Morgan fingerprint density at radius 1 is 1.11 bits per heavy atom. The number of hydrogen-bond donors (Lipinski definition) is 1. The maximum atomic E-state index is 13.1. The van der Waals surface area contributed by atoms with Crippen molar-refractivity contribution in [2.45, 2.75) is 18.9 Å².